The molecule has 0 radical (unpaired) electrons. The first-order valence-electron chi connectivity index (χ1n) is 33.3. The van der Waals surface area contributed by atoms with Gasteiger partial charge in [-0.3, -0.25) is 52.7 Å². The van der Waals surface area contributed by atoms with Crippen molar-refractivity contribution in [1.29, 1.82) is 0 Å². The van der Waals surface area contributed by atoms with Gasteiger partial charge in [0.1, 0.15) is 42.3 Å². The van der Waals surface area contributed by atoms with Crippen LogP contribution >= 0.6 is 11.8 Å². The Kier molecular flexibility index (Phi) is 31.2. The van der Waals surface area contributed by atoms with Crippen LogP contribution in [0.4, 0.5) is 0 Å². The Morgan fingerprint density at radius 1 is 0.606 bits per heavy atom. The number of aliphatic hydroxyl groups excluding tert-OH is 1. The van der Waals surface area contributed by atoms with E-state index in [1.165, 1.54) is 92.6 Å². The second-order valence-electron chi connectivity index (χ2n) is 27.7. The van der Waals surface area contributed by atoms with E-state index in [1.807, 2.05) is 58.9 Å². The maximum absolute atomic E-state index is 15.3. The van der Waals surface area contributed by atoms with Gasteiger partial charge >= 0.3 is 0 Å². The third-order valence-electron chi connectivity index (χ3n) is 18.2. The molecule has 3 N–H and O–H groups in total. The molecule has 11 atom stereocenters. The van der Waals surface area contributed by atoms with Crippen molar-refractivity contribution in [2.24, 2.45) is 23.7 Å². The van der Waals surface area contributed by atoms with Crippen molar-refractivity contribution >= 4 is 76.6 Å². The summed E-state index contributed by atoms with van der Waals surface area (Å²) in [5.74, 6) is -9.31. The van der Waals surface area contributed by atoms with Crippen molar-refractivity contribution in [3.05, 3.63) is 71.8 Å². The molecule has 24 heteroatoms. The number of ketones is 1. The zero-order valence-corrected chi connectivity index (χ0v) is 60.0. The van der Waals surface area contributed by atoms with Crippen molar-refractivity contribution < 1.29 is 62.6 Å². The number of aliphatic hydroxyl groups is 1. The Morgan fingerprint density at radius 2 is 1.11 bits per heavy atom. The van der Waals surface area contributed by atoms with Crippen LogP contribution in [0.15, 0.2) is 60.7 Å². The average Bonchev–Trinajstić information content (AvgIpc) is 0.842. The molecule has 94 heavy (non-hydrogen) atoms. The van der Waals surface area contributed by atoms with Gasteiger partial charge in [0.05, 0.1) is 42.6 Å². The van der Waals surface area contributed by atoms with Crippen LogP contribution in [0.5, 0.6) is 0 Å². The molecular formula is C70H110N10O13S. The predicted molar refractivity (Wildman–Crippen MR) is 363 cm³/mol. The lowest BCUT2D eigenvalue weighted by molar-refractivity contribution is -0.153. The molecule has 4 rings (SSSR count). The van der Waals surface area contributed by atoms with Crippen LogP contribution in [0.25, 0.3) is 0 Å². The van der Waals surface area contributed by atoms with E-state index in [-0.39, 0.29) is 61.5 Å². The Bertz CT molecular complexity index is 2890. The van der Waals surface area contributed by atoms with Crippen molar-refractivity contribution in [1.82, 2.24) is 49.8 Å². The van der Waals surface area contributed by atoms with Crippen LogP contribution in [-0.4, -0.2) is 256 Å². The van der Waals surface area contributed by atoms with Crippen molar-refractivity contribution in [2.45, 2.75) is 194 Å². The van der Waals surface area contributed by atoms with Gasteiger partial charge < -0.3 is 59.7 Å². The fraction of sp³-hybridized carbons (Fsp3) is 0.671. The quantitative estimate of drug-likeness (QED) is 0.234. The van der Waals surface area contributed by atoms with Gasteiger partial charge in [-0.25, -0.2) is 0 Å². The molecule has 0 saturated carbocycles. The van der Waals surface area contributed by atoms with Crippen LogP contribution in [0.3, 0.4) is 0 Å². The van der Waals surface area contributed by atoms with E-state index in [4.69, 9.17) is 4.74 Å². The van der Waals surface area contributed by atoms with E-state index < -0.39 is 144 Å². The van der Waals surface area contributed by atoms with Gasteiger partial charge in [-0.05, 0) is 95.6 Å². The van der Waals surface area contributed by atoms with Gasteiger partial charge in [-0.2, -0.15) is 0 Å². The molecule has 2 saturated heterocycles. The highest BCUT2D eigenvalue weighted by Crippen LogP contribution is 2.26. The highest BCUT2D eigenvalue weighted by Gasteiger charge is 2.43. The highest BCUT2D eigenvalue weighted by atomic mass is 32.2. The second kappa shape index (κ2) is 36.8. The molecule has 1 unspecified atom stereocenters. The number of likely N-dealkylation sites (N-methyl/N-ethyl adjacent to an activating group) is 7. The molecule has 2 aliphatic heterocycles. The lowest BCUT2D eigenvalue weighted by Crippen LogP contribution is -2.61. The number of likely N-dealkylation sites (tertiary alicyclic amines) is 1. The first kappa shape index (κ1) is 79.5. The summed E-state index contributed by atoms with van der Waals surface area (Å²) in [4.78, 5) is 174. The third-order valence-corrected chi connectivity index (χ3v) is 19.2. The van der Waals surface area contributed by atoms with Gasteiger partial charge in [-0.15, -0.1) is 11.8 Å². The number of nitrogens with one attached hydrogen (secondary N) is 2. The third kappa shape index (κ3) is 22.6. The number of ether oxygens (including phenoxy) is 1. The number of amides is 10. The van der Waals surface area contributed by atoms with Crippen LogP contribution in [0, 0.1) is 23.7 Å². The Balaban J connectivity index is 1.92. The zero-order chi connectivity index (χ0) is 70.6. The monoisotopic (exact) mass is 1330 g/mol. The van der Waals surface area contributed by atoms with Crippen molar-refractivity contribution in [3.63, 3.8) is 0 Å². The molecule has 0 aromatic heterocycles. The number of rotatable bonds is 14. The minimum Gasteiger partial charge on any atom is -0.393 e. The Morgan fingerprint density at radius 3 is 1.62 bits per heavy atom. The number of carbonyl (C=O) groups excluding carboxylic acids is 11. The van der Waals surface area contributed by atoms with E-state index in [9.17, 15) is 33.9 Å². The zero-order valence-electron chi connectivity index (χ0n) is 59.2. The Hall–Kier alpha value is -6.92. The predicted octanol–water partition coefficient (Wildman–Crippen LogP) is 4.55. The van der Waals surface area contributed by atoms with Gasteiger partial charge in [0.25, 0.3) is 0 Å². The molecule has 2 heterocycles. The first-order valence-corrected chi connectivity index (χ1v) is 34.4. The molecule has 524 valence electrons. The average molecular weight is 1330 g/mol. The SMILES string of the molecule is CC[C@H](C)[C@H]1C(=O)NC(C(=O)N2CCCCC2)CSCC(=O)N(C)[C@@H](Cc2ccccc2)C(=O)N(C)[C@@H](C)C(=O)N(C)[C@@H](Cc2ccccc2)C(=O)N(C)[C@@H](CC(C)C)C(=O)C[C@@H]([C@@H](C)O)C(=O)N(C)CC(=O)N(C)[C@@H](CC(C)C)C(=O)N[C@@H](COC(C)(C)C)C(=O)N1C. The summed E-state index contributed by atoms with van der Waals surface area (Å²) >= 11 is 1.09. The molecule has 2 aromatic carbocycles. The fourth-order valence-electron chi connectivity index (χ4n) is 11.9. The molecule has 2 fully saturated rings. The lowest BCUT2D eigenvalue weighted by Gasteiger charge is -2.38. The largest absolute Gasteiger partial charge is 0.393 e. The molecular weight excluding hydrogens is 1220 g/mol. The minimum absolute atomic E-state index is 0.000478. The summed E-state index contributed by atoms with van der Waals surface area (Å²) < 4.78 is 6.16. The van der Waals surface area contributed by atoms with Crippen LogP contribution in [-0.2, 0) is 70.3 Å². The van der Waals surface area contributed by atoms with Crippen molar-refractivity contribution in [3.8, 4) is 0 Å². The van der Waals surface area contributed by atoms with Crippen LogP contribution in [0.2, 0.25) is 0 Å². The summed E-state index contributed by atoms with van der Waals surface area (Å²) in [6, 6.07) is 8.32. The lowest BCUT2D eigenvalue weighted by atomic mass is 9.89. The molecule has 0 spiro atoms. The molecule has 0 aliphatic carbocycles. The van der Waals surface area contributed by atoms with Crippen molar-refractivity contribution in [2.75, 3.05) is 87.1 Å². The number of hydrogen-bond acceptors (Lipinski definition) is 14. The maximum atomic E-state index is 15.3. The summed E-state index contributed by atoms with van der Waals surface area (Å²) in [5, 5.41) is 17.1. The normalized spacial score (nSPS) is 25.5. The van der Waals surface area contributed by atoms with Gasteiger partial charge in [0.2, 0.25) is 59.1 Å². The Labute approximate surface area is 563 Å². The summed E-state index contributed by atoms with van der Waals surface area (Å²) in [6.45, 7) is 19.3. The van der Waals surface area contributed by atoms with E-state index in [1.54, 1.807) is 69.0 Å². The standard InChI is InChI=1S/C70H110N10O13S/c1-19-46(6)61-63(86)72-53(67(90)80-33-27-22-28-34-80)42-94-43-60(84)76(15)56(37-49-29-23-20-24-30-49)68(91)74(13)47(7)64(87)78(17)57(38-50-31-25-21-26-32-50)69(92)77(16)54(35-44(2)3)58(82)39-51(48(8)81)65(88)73(12)40-59(83)75(14)55(36-45(4)5)62(85)71-52(66(89)79(61)18)41-93-70(9,10)11/h20-21,23-26,29-32,44-48,51-57,61,81H,19,22,27-28,33-43H2,1-18H3,(H,71,85)(H,72,86)/t46-,47-,48+,51-,52-,53?,54-,55-,56-,57-,61-/m0/s1. The minimum atomic E-state index is -1.42. The summed E-state index contributed by atoms with van der Waals surface area (Å²) in [6.07, 6.45) is 1.15. The van der Waals surface area contributed by atoms with Gasteiger partial charge in [-0.1, -0.05) is 109 Å². The summed E-state index contributed by atoms with van der Waals surface area (Å²) in [5.41, 5.74) is 0.597. The first-order chi connectivity index (χ1) is 44.0. The number of thioether (sulfide) groups is 1. The molecule has 2 aliphatic rings. The van der Waals surface area contributed by atoms with E-state index >= 15 is 24.0 Å². The van der Waals surface area contributed by atoms with Gasteiger partial charge in [0, 0.05) is 87.4 Å². The van der Waals surface area contributed by atoms with Crippen LogP contribution < -0.4 is 10.6 Å². The fourth-order valence-corrected chi connectivity index (χ4v) is 12.9. The smallest absolute Gasteiger partial charge is 0.247 e. The molecule has 2 aromatic rings. The van der Waals surface area contributed by atoms with Crippen LogP contribution in [0.1, 0.15) is 132 Å². The highest BCUT2D eigenvalue weighted by molar-refractivity contribution is 8.00. The molecule has 10 amide bonds. The van der Waals surface area contributed by atoms with E-state index in [2.05, 4.69) is 10.6 Å². The molecule has 0 bridgehead atoms. The molecule has 23 nitrogen and oxygen atoms in total. The number of benzene rings is 2. The number of hydrogen-bond donors (Lipinski definition) is 3. The summed E-state index contributed by atoms with van der Waals surface area (Å²) in [7, 11) is 10.1. The number of nitrogens with zero attached hydrogens (tertiary/aromatic N) is 8. The number of carbonyl (C=O) groups is 11. The van der Waals surface area contributed by atoms with Gasteiger partial charge in [0.15, 0.2) is 5.78 Å². The van der Waals surface area contributed by atoms with E-state index in [0.29, 0.717) is 25.1 Å². The van der Waals surface area contributed by atoms with E-state index in [0.717, 1.165) is 41.5 Å². The number of piperidine rings is 1. The second-order valence-corrected chi connectivity index (χ2v) is 28.7. The maximum Gasteiger partial charge on any atom is 0.247 e. The topological polar surface area (TPSA) is 267 Å². The number of Topliss-reactive ketones (excluding diaryl/α,β-unsaturated/α-hetero) is 1.